The van der Waals surface area contributed by atoms with Gasteiger partial charge in [-0.15, -0.1) is 0 Å². The number of ether oxygens (including phenoxy) is 2. The van der Waals surface area contributed by atoms with E-state index in [9.17, 15) is 15.3 Å². The van der Waals surface area contributed by atoms with Crippen molar-refractivity contribution in [3.8, 4) is 0 Å². The molecule has 0 bridgehead atoms. The van der Waals surface area contributed by atoms with E-state index < -0.39 is 37.3 Å². The van der Waals surface area contributed by atoms with Gasteiger partial charge in [-0.25, -0.2) is 0 Å². The predicted molar refractivity (Wildman–Crippen MR) is 53.7 cm³/mol. The van der Waals surface area contributed by atoms with Crippen LogP contribution in [-0.2, 0) is 9.47 Å². The highest BCUT2D eigenvalue weighted by Crippen LogP contribution is 2.21. The van der Waals surface area contributed by atoms with Crippen LogP contribution in [0.4, 0.5) is 0 Å². The molecule has 0 spiro atoms. The maximum Gasteiger partial charge on any atom is 0.186 e. The molecular formula is C8H15N3O6. The highest BCUT2D eigenvalue weighted by molar-refractivity contribution is 4.88. The third kappa shape index (κ3) is 3.51. The van der Waals surface area contributed by atoms with Crippen LogP contribution in [0.25, 0.3) is 10.4 Å². The second kappa shape index (κ2) is 6.72. The van der Waals surface area contributed by atoms with Crippen LogP contribution in [0.5, 0.6) is 0 Å². The lowest BCUT2D eigenvalue weighted by Gasteiger charge is -2.39. The number of azide groups is 1. The average molecular weight is 249 g/mol. The smallest absolute Gasteiger partial charge is 0.186 e. The van der Waals surface area contributed by atoms with Crippen molar-refractivity contribution in [3.63, 3.8) is 0 Å². The van der Waals surface area contributed by atoms with E-state index in [4.69, 9.17) is 20.1 Å². The molecule has 1 aliphatic rings. The van der Waals surface area contributed by atoms with Crippen LogP contribution >= 0.6 is 0 Å². The van der Waals surface area contributed by atoms with Gasteiger partial charge in [-0.05, 0) is 5.53 Å². The van der Waals surface area contributed by atoms with Gasteiger partial charge in [0, 0.05) is 11.5 Å². The molecule has 0 aromatic heterocycles. The summed E-state index contributed by atoms with van der Waals surface area (Å²) in [6.45, 7) is -0.473. The van der Waals surface area contributed by atoms with E-state index in [1.165, 1.54) is 0 Å². The molecule has 1 saturated heterocycles. The molecule has 5 atom stereocenters. The first-order valence-corrected chi connectivity index (χ1v) is 5.04. The Morgan fingerprint density at radius 2 is 1.94 bits per heavy atom. The summed E-state index contributed by atoms with van der Waals surface area (Å²) in [7, 11) is 0. The molecule has 98 valence electrons. The van der Waals surface area contributed by atoms with Crippen molar-refractivity contribution in [2.45, 2.75) is 30.7 Å². The first-order chi connectivity index (χ1) is 8.11. The first-order valence-electron chi connectivity index (χ1n) is 5.04. The number of aliphatic hydroxyl groups excluding tert-OH is 4. The Morgan fingerprint density at radius 1 is 1.24 bits per heavy atom. The van der Waals surface area contributed by atoms with Crippen molar-refractivity contribution < 1.29 is 29.9 Å². The van der Waals surface area contributed by atoms with Gasteiger partial charge in [0.25, 0.3) is 0 Å². The Labute approximate surface area is 96.8 Å². The molecule has 0 aromatic carbocycles. The largest absolute Gasteiger partial charge is 0.394 e. The van der Waals surface area contributed by atoms with E-state index >= 15 is 0 Å². The molecule has 0 radical (unpaired) electrons. The molecule has 4 N–H and O–H groups in total. The van der Waals surface area contributed by atoms with Gasteiger partial charge in [-0.1, -0.05) is 5.11 Å². The van der Waals surface area contributed by atoms with E-state index in [1.807, 2.05) is 0 Å². The fraction of sp³-hybridized carbons (Fsp3) is 1.00. The number of hydrogen-bond donors (Lipinski definition) is 4. The Kier molecular flexibility index (Phi) is 5.59. The third-order valence-electron chi connectivity index (χ3n) is 2.39. The summed E-state index contributed by atoms with van der Waals surface area (Å²) in [5, 5.41) is 40.5. The predicted octanol–water partition coefficient (Wildman–Crippen LogP) is -1.89. The lowest BCUT2D eigenvalue weighted by Crippen LogP contribution is -2.59. The Balaban J connectivity index is 2.50. The number of rotatable bonds is 5. The van der Waals surface area contributed by atoms with Gasteiger partial charge < -0.3 is 29.9 Å². The molecule has 17 heavy (non-hydrogen) atoms. The van der Waals surface area contributed by atoms with Crippen LogP contribution in [-0.4, -0.2) is 70.9 Å². The van der Waals surface area contributed by atoms with E-state index in [1.54, 1.807) is 0 Å². The summed E-state index contributed by atoms with van der Waals surface area (Å²) >= 11 is 0. The lowest BCUT2D eigenvalue weighted by atomic mass is 9.99. The molecule has 0 amide bonds. The van der Waals surface area contributed by atoms with Crippen molar-refractivity contribution in [2.75, 3.05) is 19.8 Å². The van der Waals surface area contributed by atoms with Crippen LogP contribution < -0.4 is 0 Å². The molecule has 1 aliphatic heterocycles. The maximum absolute atomic E-state index is 9.53. The zero-order valence-corrected chi connectivity index (χ0v) is 8.96. The number of nitrogens with zero attached hydrogens (tertiary/aromatic N) is 3. The highest BCUT2D eigenvalue weighted by atomic mass is 16.7. The van der Waals surface area contributed by atoms with Crippen LogP contribution in [0, 0.1) is 0 Å². The fourth-order valence-electron chi connectivity index (χ4n) is 1.46. The Hall–Kier alpha value is -0.930. The monoisotopic (exact) mass is 249 g/mol. The zero-order valence-electron chi connectivity index (χ0n) is 8.96. The van der Waals surface area contributed by atoms with Crippen molar-refractivity contribution in [2.24, 2.45) is 5.11 Å². The third-order valence-corrected chi connectivity index (χ3v) is 2.39. The SMILES string of the molecule is [N-]=[N+]=NCCO[C@H]1OC(CO)[C@@H](O)C(O)C1O. The Bertz CT molecular complexity index is 282. The van der Waals surface area contributed by atoms with Gasteiger partial charge in [0.05, 0.1) is 13.2 Å². The minimum absolute atomic E-state index is 0.00719. The molecule has 1 rings (SSSR count). The van der Waals surface area contributed by atoms with E-state index in [0.29, 0.717) is 0 Å². The van der Waals surface area contributed by atoms with Crippen molar-refractivity contribution in [3.05, 3.63) is 10.4 Å². The minimum Gasteiger partial charge on any atom is -0.394 e. The number of aliphatic hydroxyl groups is 4. The molecule has 0 saturated carbocycles. The molecular weight excluding hydrogens is 234 g/mol. The van der Waals surface area contributed by atoms with E-state index in [-0.39, 0.29) is 13.2 Å². The van der Waals surface area contributed by atoms with Crippen LogP contribution in [0.2, 0.25) is 0 Å². The minimum atomic E-state index is -1.47. The summed E-state index contributed by atoms with van der Waals surface area (Å²) in [5.74, 6) is 0. The summed E-state index contributed by atoms with van der Waals surface area (Å²) in [6.07, 6.45) is -6.49. The van der Waals surface area contributed by atoms with Gasteiger partial charge in [0.1, 0.15) is 24.4 Å². The van der Waals surface area contributed by atoms with Gasteiger partial charge in [0.15, 0.2) is 6.29 Å². The van der Waals surface area contributed by atoms with E-state index in [2.05, 4.69) is 10.0 Å². The highest BCUT2D eigenvalue weighted by Gasteiger charge is 2.43. The quantitative estimate of drug-likeness (QED) is 0.194. The zero-order chi connectivity index (χ0) is 12.8. The summed E-state index contributed by atoms with van der Waals surface area (Å²) in [5.41, 5.74) is 8.03. The molecule has 1 heterocycles. The van der Waals surface area contributed by atoms with Crippen LogP contribution in [0.3, 0.4) is 0 Å². The molecule has 1 fully saturated rings. The van der Waals surface area contributed by atoms with Crippen LogP contribution in [0.15, 0.2) is 5.11 Å². The normalized spacial score (nSPS) is 37.5. The summed E-state index contributed by atoms with van der Waals surface area (Å²) in [4.78, 5) is 2.51. The number of hydrogen-bond acceptors (Lipinski definition) is 7. The van der Waals surface area contributed by atoms with Crippen molar-refractivity contribution in [1.82, 2.24) is 0 Å². The van der Waals surface area contributed by atoms with Gasteiger partial charge in [0.2, 0.25) is 0 Å². The standard InChI is InChI=1S/C8H15N3O6/c9-11-10-1-2-16-8-7(15)6(14)5(13)4(3-12)17-8/h4-8,12-15H,1-3H2/t4?,5-,6?,7?,8+/m1/s1. The van der Waals surface area contributed by atoms with Gasteiger partial charge >= 0.3 is 0 Å². The van der Waals surface area contributed by atoms with E-state index in [0.717, 1.165) is 0 Å². The average Bonchev–Trinajstić information content (AvgIpc) is 2.34. The maximum atomic E-state index is 9.53. The second-order valence-corrected chi connectivity index (χ2v) is 3.52. The molecule has 9 heteroatoms. The fourth-order valence-corrected chi connectivity index (χ4v) is 1.46. The summed E-state index contributed by atoms with van der Waals surface area (Å²) < 4.78 is 10.1. The lowest BCUT2D eigenvalue weighted by molar-refractivity contribution is -0.300. The second-order valence-electron chi connectivity index (χ2n) is 3.52. The molecule has 9 nitrogen and oxygen atoms in total. The summed E-state index contributed by atoms with van der Waals surface area (Å²) in [6, 6.07) is 0. The Morgan fingerprint density at radius 3 is 2.53 bits per heavy atom. The molecule has 0 aromatic rings. The molecule has 0 aliphatic carbocycles. The van der Waals surface area contributed by atoms with Gasteiger partial charge in [-0.2, -0.15) is 0 Å². The topological polar surface area (TPSA) is 148 Å². The van der Waals surface area contributed by atoms with Crippen LogP contribution in [0.1, 0.15) is 0 Å². The molecule has 3 unspecified atom stereocenters. The van der Waals surface area contributed by atoms with Gasteiger partial charge in [-0.3, -0.25) is 0 Å². The van der Waals surface area contributed by atoms with Crippen molar-refractivity contribution >= 4 is 0 Å². The first kappa shape index (κ1) is 14.1. The van der Waals surface area contributed by atoms with Crippen molar-refractivity contribution in [1.29, 1.82) is 0 Å².